The Balaban J connectivity index is 1.61. The Labute approximate surface area is 169 Å². The van der Waals surface area contributed by atoms with Crippen molar-refractivity contribution in [2.24, 2.45) is 5.41 Å². The topological polar surface area (TPSA) is 47.1 Å². The third-order valence-corrected chi connectivity index (χ3v) is 6.15. The zero-order valence-electron chi connectivity index (χ0n) is 17.6. The number of carbonyl (C=O) groups is 2. The van der Waals surface area contributed by atoms with Gasteiger partial charge in [-0.2, -0.15) is 0 Å². The van der Waals surface area contributed by atoms with Crippen LogP contribution >= 0.6 is 0 Å². The molecule has 28 heavy (non-hydrogen) atoms. The van der Waals surface area contributed by atoms with E-state index in [9.17, 15) is 9.59 Å². The first kappa shape index (κ1) is 20.6. The van der Waals surface area contributed by atoms with Gasteiger partial charge in [-0.3, -0.25) is 9.59 Å². The Morgan fingerprint density at radius 2 is 1.86 bits per heavy atom. The van der Waals surface area contributed by atoms with Crippen LogP contribution in [0.25, 0.3) is 0 Å². The van der Waals surface area contributed by atoms with Crippen molar-refractivity contribution in [1.82, 2.24) is 14.7 Å². The molecular weight excluding hydrogens is 352 g/mol. The van der Waals surface area contributed by atoms with E-state index < -0.39 is 0 Å². The number of piperidine rings is 2. The van der Waals surface area contributed by atoms with Crippen LogP contribution in [0.4, 0.5) is 5.69 Å². The standard InChI is InChI=1S/C22H34N4O2/c1-23(2)14-15-26-18-22(12-10-20(26)27)11-7-13-25(17-22)21(28)16-24(3)19-8-5-4-6-9-19/h4-6,8-9H,7,10-18H2,1-3H3/t22-/m1/s1. The van der Waals surface area contributed by atoms with E-state index in [1.54, 1.807) is 0 Å². The third kappa shape index (κ3) is 5.04. The van der Waals surface area contributed by atoms with Crippen LogP contribution in [0, 0.1) is 5.41 Å². The third-order valence-electron chi connectivity index (χ3n) is 6.15. The molecule has 2 aliphatic rings. The molecule has 2 amide bonds. The van der Waals surface area contributed by atoms with Crippen LogP contribution in [-0.4, -0.2) is 86.9 Å². The first-order chi connectivity index (χ1) is 13.4. The molecule has 2 aliphatic heterocycles. The highest BCUT2D eigenvalue weighted by Gasteiger charge is 2.42. The van der Waals surface area contributed by atoms with Crippen LogP contribution in [0.1, 0.15) is 25.7 Å². The summed E-state index contributed by atoms with van der Waals surface area (Å²) < 4.78 is 0. The highest BCUT2D eigenvalue weighted by Crippen LogP contribution is 2.38. The highest BCUT2D eigenvalue weighted by molar-refractivity contribution is 5.82. The van der Waals surface area contributed by atoms with Crippen molar-refractivity contribution in [1.29, 1.82) is 0 Å². The molecule has 0 bridgehead atoms. The number of hydrogen-bond donors (Lipinski definition) is 0. The fourth-order valence-corrected chi connectivity index (χ4v) is 4.46. The van der Waals surface area contributed by atoms with Gasteiger partial charge in [0.2, 0.25) is 11.8 Å². The van der Waals surface area contributed by atoms with Gasteiger partial charge >= 0.3 is 0 Å². The Morgan fingerprint density at radius 1 is 1.11 bits per heavy atom. The molecular formula is C22H34N4O2. The summed E-state index contributed by atoms with van der Waals surface area (Å²) in [4.78, 5) is 33.5. The number of amides is 2. The molecule has 0 N–H and O–H groups in total. The van der Waals surface area contributed by atoms with Crippen molar-refractivity contribution in [3.05, 3.63) is 30.3 Å². The summed E-state index contributed by atoms with van der Waals surface area (Å²) in [6, 6.07) is 10.0. The van der Waals surface area contributed by atoms with E-state index in [-0.39, 0.29) is 17.2 Å². The molecule has 1 aromatic rings. The zero-order valence-corrected chi connectivity index (χ0v) is 17.6. The lowest BCUT2D eigenvalue weighted by atomic mass is 9.73. The van der Waals surface area contributed by atoms with E-state index in [4.69, 9.17) is 0 Å². The minimum Gasteiger partial charge on any atom is -0.365 e. The van der Waals surface area contributed by atoms with Crippen LogP contribution in [0.2, 0.25) is 0 Å². The predicted octanol–water partition coefficient (Wildman–Crippen LogP) is 1.92. The maximum atomic E-state index is 13.0. The molecule has 0 aliphatic carbocycles. The fraction of sp³-hybridized carbons (Fsp3) is 0.636. The number of carbonyl (C=O) groups excluding carboxylic acids is 2. The minimum absolute atomic E-state index is 0.0689. The zero-order chi connectivity index (χ0) is 20.1. The van der Waals surface area contributed by atoms with Gasteiger partial charge in [0.1, 0.15) is 0 Å². The molecule has 2 fully saturated rings. The normalized spacial score (nSPS) is 22.8. The van der Waals surface area contributed by atoms with Gasteiger partial charge in [-0.05, 0) is 45.5 Å². The van der Waals surface area contributed by atoms with Gasteiger partial charge in [-0.15, -0.1) is 0 Å². The number of benzene rings is 1. The van der Waals surface area contributed by atoms with E-state index in [1.807, 2.05) is 66.2 Å². The number of para-hydroxylation sites is 1. The van der Waals surface area contributed by atoms with E-state index in [1.165, 1.54) is 0 Å². The summed E-state index contributed by atoms with van der Waals surface area (Å²) in [6.45, 7) is 4.45. The van der Waals surface area contributed by atoms with Crippen molar-refractivity contribution >= 4 is 17.5 Å². The summed E-state index contributed by atoms with van der Waals surface area (Å²) in [5, 5.41) is 0. The number of likely N-dealkylation sites (tertiary alicyclic amines) is 2. The molecule has 1 aromatic carbocycles. The average molecular weight is 387 g/mol. The summed E-state index contributed by atoms with van der Waals surface area (Å²) in [7, 11) is 6.04. The van der Waals surface area contributed by atoms with Gasteiger partial charge in [0.15, 0.2) is 0 Å². The van der Waals surface area contributed by atoms with E-state index >= 15 is 0 Å². The molecule has 0 saturated carbocycles. The molecule has 6 nitrogen and oxygen atoms in total. The van der Waals surface area contributed by atoms with Crippen LogP contribution in [0.3, 0.4) is 0 Å². The largest absolute Gasteiger partial charge is 0.365 e. The maximum Gasteiger partial charge on any atom is 0.242 e. The Kier molecular flexibility index (Phi) is 6.60. The van der Waals surface area contributed by atoms with E-state index in [0.29, 0.717) is 13.0 Å². The van der Waals surface area contributed by atoms with Gasteiger partial charge in [0.25, 0.3) is 0 Å². The summed E-state index contributed by atoms with van der Waals surface area (Å²) in [5.74, 6) is 0.446. The molecule has 3 rings (SSSR count). The quantitative estimate of drug-likeness (QED) is 0.749. The maximum absolute atomic E-state index is 13.0. The Morgan fingerprint density at radius 3 is 2.57 bits per heavy atom. The smallest absolute Gasteiger partial charge is 0.242 e. The second-order valence-electron chi connectivity index (χ2n) is 8.73. The highest BCUT2D eigenvalue weighted by atomic mass is 16.2. The van der Waals surface area contributed by atoms with Crippen molar-refractivity contribution in [2.45, 2.75) is 25.7 Å². The Hall–Kier alpha value is -2.08. The molecule has 6 heteroatoms. The van der Waals surface area contributed by atoms with Crippen molar-refractivity contribution in [3.63, 3.8) is 0 Å². The second-order valence-corrected chi connectivity index (χ2v) is 8.73. The van der Waals surface area contributed by atoms with Gasteiger partial charge in [-0.1, -0.05) is 18.2 Å². The average Bonchev–Trinajstić information content (AvgIpc) is 2.69. The van der Waals surface area contributed by atoms with Crippen LogP contribution in [-0.2, 0) is 9.59 Å². The molecule has 0 unspecified atom stereocenters. The minimum atomic E-state index is 0.0689. The van der Waals surface area contributed by atoms with Crippen molar-refractivity contribution < 1.29 is 9.59 Å². The lowest BCUT2D eigenvalue weighted by Gasteiger charge is -2.48. The monoisotopic (exact) mass is 386 g/mol. The van der Waals surface area contributed by atoms with Gasteiger partial charge in [-0.25, -0.2) is 0 Å². The molecule has 0 radical (unpaired) electrons. The Bertz CT molecular complexity index is 678. The first-order valence-electron chi connectivity index (χ1n) is 10.4. The SMILES string of the molecule is CN(C)CCN1C[C@]2(CCCN(C(=O)CN(C)c3ccccc3)C2)CCC1=O. The summed E-state index contributed by atoms with van der Waals surface area (Å²) in [5.41, 5.74) is 1.13. The number of rotatable bonds is 6. The lowest BCUT2D eigenvalue weighted by molar-refractivity contribution is -0.142. The van der Waals surface area contributed by atoms with Crippen LogP contribution in [0.15, 0.2) is 30.3 Å². The van der Waals surface area contributed by atoms with Gasteiger partial charge in [0.05, 0.1) is 6.54 Å². The lowest BCUT2D eigenvalue weighted by Crippen LogP contribution is -2.56. The first-order valence-corrected chi connectivity index (χ1v) is 10.4. The molecule has 1 atom stereocenters. The second kappa shape index (κ2) is 8.95. The molecule has 2 heterocycles. The molecule has 2 saturated heterocycles. The number of hydrogen-bond acceptors (Lipinski definition) is 4. The molecule has 1 spiro atoms. The molecule has 154 valence electrons. The van der Waals surface area contributed by atoms with Gasteiger partial charge < -0.3 is 19.6 Å². The van der Waals surface area contributed by atoms with E-state index in [0.717, 1.165) is 57.7 Å². The number of likely N-dealkylation sites (N-methyl/N-ethyl adjacent to an activating group) is 2. The predicted molar refractivity (Wildman–Crippen MR) is 112 cm³/mol. The van der Waals surface area contributed by atoms with Crippen LogP contribution < -0.4 is 4.90 Å². The van der Waals surface area contributed by atoms with Crippen molar-refractivity contribution in [3.8, 4) is 0 Å². The van der Waals surface area contributed by atoms with Crippen LogP contribution in [0.5, 0.6) is 0 Å². The number of nitrogens with zero attached hydrogens (tertiary/aromatic N) is 4. The summed E-state index contributed by atoms with van der Waals surface area (Å²) in [6.07, 6.45) is 3.65. The van der Waals surface area contributed by atoms with E-state index in [2.05, 4.69) is 4.90 Å². The fourth-order valence-electron chi connectivity index (χ4n) is 4.46. The van der Waals surface area contributed by atoms with Crippen molar-refractivity contribution in [2.75, 3.05) is 65.3 Å². The number of anilines is 1. The summed E-state index contributed by atoms with van der Waals surface area (Å²) >= 11 is 0. The molecule has 0 aromatic heterocycles. The van der Waals surface area contributed by atoms with Gasteiger partial charge in [0, 0.05) is 57.3 Å².